The maximum atomic E-state index is 12.3. The molecule has 0 aromatic heterocycles. The largest absolute Gasteiger partial charge is 0.493 e. The summed E-state index contributed by atoms with van der Waals surface area (Å²) in [5.74, 6) is 2.18. The summed E-state index contributed by atoms with van der Waals surface area (Å²) in [6, 6.07) is 3.87. The van der Waals surface area contributed by atoms with Gasteiger partial charge in [0.1, 0.15) is 0 Å². The van der Waals surface area contributed by atoms with Crippen molar-refractivity contribution >= 4 is 18.3 Å². The van der Waals surface area contributed by atoms with E-state index >= 15 is 0 Å². The SMILES string of the molecule is COc1cc(CN(C)CC(=O)N2CCNCC2)cc2c1OCO2.Cl. The van der Waals surface area contributed by atoms with Gasteiger partial charge in [0, 0.05) is 32.7 Å². The molecule has 1 aromatic rings. The lowest BCUT2D eigenvalue weighted by molar-refractivity contribution is -0.132. The minimum Gasteiger partial charge on any atom is -0.493 e. The van der Waals surface area contributed by atoms with Gasteiger partial charge in [0.15, 0.2) is 11.5 Å². The number of amides is 1. The van der Waals surface area contributed by atoms with Crippen molar-refractivity contribution in [2.24, 2.45) is 0 Å². The molecule has 2 aliphatic heterocycles. The van der Waals surface area contributed by atoms with Crippen LogP contribution in [-0.4, -0.2) is 69.4 Å². The summed E-state index contributed by atoms with van der Waals surface area (Å²) in [5.41, 5.74) is 1.03. The maximum Gasteiger partial charge on any atom is 0.236 e. The van der Waals surface area contributed by atoms with E-state index in [9.17, 15) is 4.79 Å². The lowest BCUT2D eigenvalue weighted by Crippen LogP contribution is -2.49. The van der Waals surface area contributed by atoms with Crippen LogP contribution >= 0.6 is 12.4 Å². The van der Waals surface area contributed by atoms with Crippen molar-refractivity contribution in [3.05, 3.63) is 17.7 Å². The summed E-state index contributed by atoms with van der Waals surface area (Å²) in [6.07, 6.45) is 0. The first-order chi connectivity index (χ1) is 11.2. The van der Waals surface area contributed by atoms with Crippen molar-refractivity contribution in [3.8, 4) is 17.2 Å². The smallest absolute Gasteiger partial charge is 0.236 e. The third-order valence-corrected chi connectivity index (χ3v) is 4.05. The number of hydrogen-bond donors (Lipinski definition) is 1. The number of piperazine rings is 1. The number of halogens is 1. The summed E-state index contributed by atoms with van der Waals surface area (Å²) in [5, 5.41) is 3.25. The summed E-state index contributed by atoms with van der Waals surface area (Å²) < 4.78 is 16.2. The Morgan fingerprint density at radius 1 is 1.33 bits per heavy atom. The van der Waals surface area contributed by atoms with Crippen molar-refractivity contribution in [2.75, 3.05) is 53.7 Å². The molecule has 1 N–H and O–H groups in total. The quantitative estimate of drug-likeness (QED) is 0.837. The van der Waals surface area contributed by atoms with Gasteiger partial charge in [-0.1, -0.05) is 0 Å². The van der Waals surface area contributed by atoms with Crippen LogP contribution in [0.1, 0.15) is 5.56 Å². The fourth-order valence-electron chi connectivity index (χ4n) is 2.89. The first-order valence-electron chi connectivity index (χ1n) is 7.81. The van der Waals surface area contributed by atoms with Gasteiger partial charge < -0.3 is 24.4 Å². The standard InChI is InChI=1S/C16H23N3O4.ClH/c1-18(10-15(20)19-5-3-17-4-6-19)9-12-7-13(21-2)16-14(8-12)22-11-23-16;/h7-8,17H,3-6,9-11H2,1-2H3;1H. The van der Waals surface area contributed by atoms with Gasteiger partial charge in [0.25, 0.3) is 0 Å². The Kier molecular flexibility index (Phi) is 6.53. The van der Waals surface area contributed by atoms with Gasteiger partial charge in [-0.2, -0.15) is 0 Å². The van der Waals surface area contributed by atoms with Gasteiger partial charge >= 0.3 is 0 Å². The Balaban J connectivity index is 0.00000208. The molecule has 1 amide bonds. The van der Waals surface area contributed by atoms with Gasteiger partial charge in [0.2, 0.25) is 18.4 Å². The van der Waals surface area contributed by atoms with Crippen LogP contribution in [-0.2, 0) is 11.3 Å². The summed E-state index contributed by atoms with van der Waals surface area (Å²) in [6.45, 7) is 4.56. The van der Waals surface area contributed by atoms with Crippen molar-refractivity contribution in [3.63, 3.8) is 0 Å². The highest BCUT2D eigenvalue weighted by molar-refractivity contribution is 5.85. The number of fused-ring (bicyclic) bond motifs is 1. The molecule has 7 nitrogen and oxygen atoms in total. The average molecular weight is 358 g/mol. The van der Waals surface area contributed by atoms with Crippen molar-refractivity contribution < 1.29 is 19.0 Å². The number of carbonyl (C=O) groups excluding carboxylic acids is 1. The molecule has 24 heavy (non-hydrogen) atoms. The molecule has 0 bridgehead atoms. The van der Waals surface area contributed by atoms with E-state index < -0.39 is 0 Å². The predicted octanol–water partition coefficient (Wildman–Crippen LogP) is 0.709. The van der Waals surface area contributed by atoms with Crippen molar-refractivity contribution in [2.45, 2.75) is 6.54 Å². The monoisotopic (exact) mass is 357 g/mol. The van der Waals surface area contributed by atoms with Crippen LogP contribution in [0.2, 0.25) is 0 Å². The van der Waals surface area contributed by atoms with Crippen LogP contribution in [0.3, 0.4) is 0 Å². The van der Waals surface area contributed by atoms with E-state index in [0.29, 0.717) is 30.3 Å². The Bertz CT molecular complexity index is 579. The van der Waals surface area contributed by atoms with Crippen LogP contribution in [0, 0.1) is 0 Å². The molecule has 1 fully saturated rings. The molecule has 2 heterocycles. The zero-order valence-electron chi connectivity index (χ0n) is 14.0. The highest BCUT2D eigenvalue weighted by Gasteiger charge is 2.21. The number of likely N-dealkylation sites (N-methyl/N-ethyl adjacent to an activating group) is 1. The molecular formula is C16H24ClN3O4. The Morgan fingerprint density at radius 2 is 2.08 bits per heavy atom. The summed E-state index contributed by atoms with van der Waals surface area (Å²) >= 11 is 0. The van der Waals surface area contributed by atoms with E-state index in [-0.39, 0.29) is 25.1 Å². The number of carbonyl (C=O) groups is 1. The highest BCUT2D eigenvalue weighted by Crippen LogP contribution is 2.41. The molecule has 0 saturated carbocycles. The van der Waals surface area contributed by atoms with E-state index in [1.54, 1.807) is 7.11 Å². The third-order valence-electron chi connectivity index (χ3n) is 4.05. The van der Waals surface area contributed by atoms with Gasteiger partial charge in [-0.05, 0) is 24.7 Å². The normalized spacial score (nSPS) is 16.0. The second-order valence-corrected chi connectivity index (χ2v) is 5.83. The second kappa shape index (κ2) is 8.41. The van der Waals surface area contributed by atoms with E-state index in [2.05, 4.69) is 5.32 Å². The van der Waals surface area contributed by atoms with Crippen LogP contribution in [0.15, 0.2) is 12.1 Å². The van der Waals surface area contributed by atoms with Gasteiger partial charge in [-0.25, -0.2) is 0 Å². The Morgan fingerprint density at radius 3 is 2.79 bits per heavy atom. The lowest BCUT2D eigenvalue weighted by atomic mass is 10.1. The zero-order valence-corrected chi connectivity index (χ0v) is 14.9. The summed E-state index contributed by atoms with van der Waals surface area (Å²) in [7, 11) is 3.55. The topological polar surface area (TPSA) is 63.3 Å². The number of rotatable bonds is 5. The molecule has 2 aliphatic rings. The fraction of sp³-hybridized carbons (Fsp3) is 0.562. The molecule has 1 aromatic carbocycles. The van der Waals surface area contributed by atoms with Crippen molar-refractivity contribution in [1.29, 1.82) is 0 Å². The molecule has 0 unspecified atom stereocenters. The van der Waals surface area contributed by atoms with E-state index in [1.165, 1.54) is 0 Å². The van der Waals surface area contributed by atoms with Crippen LogP contribution < -0.4 is 19.5 Å². The molecule has 134 valence electrons. The van der Waals surface area contributed by atoms with E-state index in [0.717, 1.165) is 31.7 Å². The van der Waals surface area contributed by atoms with Gasteiger partial charge in [0.05, 0.1) is 13.7 Å². The molecular weight excluding hydrogens is 334 g/mol. The predicted molar refractivity (Wildman–Crippen MR) is 92.1 cm³/mol. The molecule has 0 atom stereocenters. The minimum absolute atomic E-state index is 0. The number of nitrogens with zero attached hydrogens (tertiary/aromatic N) is 2. The second-order valence-electron chi connectivity index (χ2n) is 5.83. The lowest BCUT2D eigenvalue weighted by Gasteiger charge is -2.29. The average Bonchev–Trinajstić information content (AvgIpc) is 3.03. The molecule has 8 heteroatoms. The van der Waals surface area contributed by atoms with Crippen LogP contribution in [0.4, 0.5) is 0 Å². The first-order valence-corrected chi connectivity index (χ1v) is 7.81. The van der Waals surface area contributed by atoms with E-state index in [4.69, 9.17) is 14.2 Å². The molecule has 0 aliphatic carbocycles. The molecule has 0 spiro atoms. The number of ether oxygens (including phenoxy) is 3. The molecule has 0 radical (unpaired) electrons. The summed E-state index contributed by atoms with van der Waals surface area (Å²) in [4.78, 5) is 16.2. The van der Waals surface area contributed by atoms with Crippen LogP contribution in [0.5, 0.6) is 17.2 Å². The fourth-order valence-corrected chi connectivity index (χ4v) is 2.89. The van der Waals surface area contributed by atoms with Gasteiger partial charge in [-0.15, -0.1) is 12.4 Å². The Labute approximate surface area is 148 Å². The van der Waals surface area contributed by atoms with Crippen molar-refractivity contribution in [1.82, 2.24) is 15.1 Å². The minimum atomic E-state index is 0. The van der Waals surface area contributed by atoms with E-state index in [1.807, 2.05) is 29.0 Å². The zero-order chi connectivity index (χ0) is 16.2. The first kappa shape index (κ1) is 18.6. The number of benzene rings is 1. The number of methoxy groups -OCH3 is 1. The number of nitrogens with one attached hydrogen (secondary N) is 1. The Hall–Kier alpha value is -1.70. The number of hydrogen-bond acceptors (Lipinski definition) is 6. The maximum absolute atomic E-state index is 12.3. The third kappa shape index (κ3) is 4.23. The highest BCUT2D eigenvalue weighted by atomic mass is 35.5. The molecule has 3 rings (SSSR count). The molecule has 1 saturated heterocycles. The van der Waals surface area contributed by atoms with Gasteiger partial charge in [-0.3, -0.25) is 9.69 Å². The van der Waals surface area contributed by atoms with Crippen LogP contribution in [0.25, 0.3) is 0 Å².